The molecule has 29 heavy (non-hydrogen) atoms. The molecule has 0 bridgehead atoms. The zero-order chi connectivity index (χ0) is 21.9. The molecular formula is C20H24F2N6O. The topological polar surface area (TPSA) is 96.5 Å². The standard InChI is InChI=1S/C12H14N4.C5H6N2.C3H4F2O/c1-9(14-2)8-16-12-4-3-10(6-13)5-11(12)7-15-16;1-5-6-3-2-4-7-5;1-3(4,5)2-6/h3-5,7,9,14H,8H2,1-2H3;2-4H,1H3;2H,1H3. The van der Waals surface area contributed by atoms with Crippen LogP contribution >= 0.6 is 0 Å². The first kappa shape index (κ1) is 23.8. The molecule has 1 unspecified atom stereocenters. The smallest absolute Gasteiger partial charge is 0.299 e. The van der Waals surface area contributed by atoms with Crippen molar-refractivity contribution in [3.05, 3.63) is 54.2 Å². The van der Waals surface area contributed by atoms with E-state index in [2.05, 4.69) is 33.4 Å². The van der Waals surface area contributed by atoms with E-state index in [0.717, 1.165) is 23.3 Å². The fourth-order valence-corrected chi connectivity index (χ4v) is 2.03. The van der Waals surface area contributed by atoms with Gasteiger partial charge < -0.3 is 5.32 Å². The number of hydrogen-bond acceptors (Lipinski definition) is 6. The number of nitrogens with zero attached hydrogens (tertiary/aromatic N) is 5. The third-order valence-corrected chi connectivity index (χ3v) is 3.61. The van der Waals surface area contributed by atoms with E-state index in [1.54, 1.807) is 24.7 Å². The molecule has 0 aliphatic carbocycles. The highest BCUT2D eigenvalue weighted by Crippen LogP contribution is 2.15. The lowest BCUT2D eigenvalue weighted by Gasteiger charge is -2.10. The van der Waals surface area contributed by atoms with Crippen molar-refractivity contribution in [1.82, 2.24) is 25.1 Å². The number of carbonyl (C=O) groups is 1. The predicted molar refractivity (Wildman–Crippen MR) is 106 cm³/mol. The number of carbonyl (C=O) groups excluding carboxylic acids is 1. The molecule has 0 saturated heterocycles. The molecule has 0 saturated carbocycles. The van der Waals surface area contributed by atoms with Crippen LogP contribution in [-0.4, -0.2) is 45.0 Å². The molecule has 3 aromatic rings. The molecule has 0 aliphatic rings. The van der Waals surface area contributed by atoms with E-state index in [4.69, 9.17) is 10.1 Å². The molecule has 1 atom stereocenters. The summed E-state index contributed by atoms with van der Waals surface area (Å²) < 4.78 is 24.1. The number of nitrogens with one attached hydrogen (secondary N) is 1. The maximum Gasteiger partial charge on any atom is 0.299 e. The van der Waals surface area contributed by atoms with Gasteiger partial charge in [-0.25, -0.2) is 9.97 Å². The van der Waals surface area contributed by atoms with E-state index in [-0.39, 0.29) is 0 Å². The molecule has 3 rings (SSSR count). The number of nitriles is 1. The fourth-order valence-electron chi connectivity index (χ4n) is 2.03. The average Bonchev–Trinajstić information content (AvgIpc) is 3.10. The molecule has 0 aliphatic heterocycles. The van der Waals surface area contributed by atoms with Gasteiger partial charge in [-0.15, -0.1) is 0 Å². The Balaban J connectivity index is 0.000000267. The largest absolute Gasteiger partial charge is 0.315 e. The summed E-state index contributed by atoms with van der Waals surface area (Å²) in [4.78, 5) is 16.8. The number of rotatable bonds is 4. The molecule has 1 N–H and O–H groups in total. The van der Waals surface area contributed by atoms with Crippen LogP contribution in [0.2, 0.25) is 0 Å². The number of benzene rings is 1. The van der Waals surface area contributed by atoms with Crippen LogP contribution in [0, 0.1) is 18.3 Å². The lowest BCUT2D eigenvalue weighted by atomic mass is 10.2. The van der Waals surface area contributed by atoms with Crippen LogP contribution in [0.4, 0.5) is 8.78 Å². The summed E-state index contributed by atoms with van der Waals surface area (Å²) in [6, 6.07) is 9.94. The average molecular weight is 402 g/mol. The Labute approximate surface area is 168 Å². The van der Waals surface area contributed by atoms with Crippen molar-refractivity contribution in [2.75, 3.05) is 7.05 Å². The number of aryl methyl sites for hydroxylation is 1. The second-order valence-electron chi connectivity index (χ2n) is 6.27. The second kappa shape index (κ2) is 11.6. The van der Waals surface area contributed by atoms with Crippen LogP contribution in [-0.2, 0) is 11.3 Å². The first-order valence-electron chi connectivity index (χ1n) is 8.81. The molecule has 0 amide bonds. The highest BCUT2D eigenvalue weighted by molar-refractivity contribution is 5.80. The van der Waals surface area contributed by atoms with Crippen LogP contribution < -0.4 is 5.32 Å². The molecular weight excluding hydrogens is 378 g/mol. The Bertz CT molecular complexity index is 932. The van der Waals surface area contributed by atoms with Gasteiger partial charge in [-0.3, -0.25) is 9.48 Å². The quantitative estimate of drug-likeness (QED) is 0.674. The zero-order valence-corrected chi connectivity index (χ0v) is 16.8. The van der Waals surface area contributed by atoms with Gasteiger partial charge in [0.2, 0.25) is 0 Å². The van der Waals surface area contributed by atoms with E-state index >= 15 is 0 Å². The summed E-state index contributed by atoms with van der Waals surface area (Å²) in [6.45, 7) is 5.34. The number of aldehydes is 1. The van der Waals surface area contributed by atoms with E-state index in [1.807, 2.05) is 36.9 Å². The van der Waals surface area contributed by atoms with E-state index in [1.165, 1.54) is 0 Å². The molecule has 154 valence electrons. The Kier molecular flexibility index (Phi) is 9.48. The molecule has 9 heteroatoms. The summed E-state index contributed by atoms with van der Waals surface area (Å²) in [6.07, 6.45) is 4.86. The molecule has 7 nitrogen and oxygen atoms in total. The summed E-state index contributed by atoms with van der Waals surface area (Å²) in [7, 11) is 1.93. The van der Waals surface area contributed by atoms with Crippen LogP contribution in [0.3, 0.4) is 0 Å². The molecule has 2 heterocycles. The SMILES string of the molecule is CC(F)(F)C=O.CNC(C)Cn1ncc2cc(C#N)ccc21.Cc1ncccn1. The Hall–Kier alpha value is -3.25. The third-order valence-electron chi connectivity index (χ3n) is 3.61. The van der Waals surface area contributed by atoms with Crippen LogP contribution in [0.25, 0.3) is 10.9 Å². The normalized spacial score (nSPS) is 11.3. The zero-order valence-electron chi connectivity index (χ0n) is 16.8. The van der Waals surface area contributed by atoms with Crippen molar-refractivity contribution < 1.29 is 13.6 Å². The van der Waals surface area contributed by atoms with Gasteiger partial charge in [-0.05, 0) is 45.2 Å². The van der Waals surface area contributed by atoms with Gasteiger partial charge >= 0.3 is 0 Å². The van der Waals surface area contributed by atoms with Gasteiger partial charge in [0.15, 0.2) is 6.29 Å². The number of aromatic nitrogens is 4. The molecule has 2 aromatic heterocycles. The minimum absolute atomic E-state index is 0.374. The number of fused-ring (bicyclic) bond motifs is 1. The summed E-state index contributed by atoms with van der Waals surface area (Å²) in [5.74, 6) is -2.32. The Morgan fingerprint density at radius 3 is 2.41 bits per heavy atom. The Morgan fingerprint density at radius 1 is 1.34 bits per heavy atom. The number of likely N-dealkylation sites (N-methyl/N-ethyl adjacent to an activating group) is 1. The van der Waals surface area contributed by atoms with Crippen molar-refractivity contribution in [3.8, 4) is 6.07 Å². The van der Waals surface area contributed by atoms with Crippen molar-refractivity contribution >= 4 is 17.2 Å². The van der Waals surface area contributed by atoms with Gasteiger partial charge in [0.1, 0.15) is 5.82 Å². The monoisotopic (exact) mass is 402 g/mol. The van der Waals surface area contributed by atoms with E-state index < -0.39 is 12.2 Å². The van der Waals surface area contributed by atoms with E-state index in [9.17, 15) is 8.78 Å². The minimum Gasteiger partial charge on any atom is -0.315 e. The molecule has 0 spiro atoms. The Morgan fingerprint density at radius 2 is 1.97 bits per heavy atom. The number of halogens is 2. The molecule has 1 aromatic carbocycles. The van der Waals surface area contributed by atoms with Gasteiger partial charge in [0.25, 0.3) is 5.92 Å². The van der Waals surface area contributed by atoms with E-state index in [0.29, 0.717) is 18.5 Å². The van der Waals surface area contributed by atoms with Gasteiger partial charge in [-0.1, -0.05) is 0 Å². The van der Waals surface area contributed by atoms with Crippen molar-refractivity contribution in [1.29, 1.82) is 5.26 Å². The van der Waals surface area contributed by atoms with Crippen molar-refractivity contribution in [3.63, 3.8) is 0 Å². The van der Waals surface area contributed by atoms with Crippen molar-refractivity contribution in [2.24, 2.45) is 0 Å². The maximum absolute atomic E-state index is 11.1. The third kappa shape index (κ3) is 8.99. The van der Waals surface area contributed by atoms with Gasteiger partial charge in [-0.2, -0.15) is 19.1 Å². The first-order chi connectivity index (χ1) is 13.7. The summed E-state index contributed by atoms with van der Waals surface area (Å²) >= 11 is 0. The summed E-state index contributed by atoms with van der Waals surface area (Å²) in [5, 5.41) is 17.3. The van der Waals surface area contributed by atoms with Crippen LogP contribution in [0.5, 0.6) is 0 Å². The predicted octanol–water partition coefficient (Wildman–Crippen LogP) is 3.14. The number of hydrogen-bond donors (Lipinski definition) is 1. The van der Waals surface area contributed by atoms with Crippen molar-refractivity contribution in [2.45, 2.75) is 39.3 Å². The minimum atomic E-state index is -3.14. The van der Waals surface area contributed by atoms with Gasteiger partial charge in [0, 0.05) is 30.7 Å². The second-order valence-corrected chi connectivity index (χ2v) is 6.27. The lowest BCUT2D eigenvalue weighted by molar-refractivity contribution is -0.126. The number of alkyl halides is 2. The first-order valence-corrected chi connectivity index (χ1v) is 8.81. The molecule has 0 radical (unpaired) electrons. The fraction of sp³-hybridized carbons (Fsp3) is 0.350. The molecule has 0 fully saturated rings. The van der Waals surface area contributed by atoms with Gasteiger partial charge in [0.05, 0.1) is 29.9 Å². The highest BCUT2D eigenvalue weighted by Gasteiger charge is 2.17. The summed E-state index contributed by atoms with van der Waals surface area (Å²) in [5.41, 5.74) is 1.75. The highest BCUT2D eigenvalue weighted by atomic mass is 19.3. The maximum atomic E-state index is 11.1. The lowest BCUT2D eigenvalue weighted by Crippen LogP contribution is -2.27. The van der Waals surface area contributed by atoms with Crippen LogP contribution in [0.1, 0.15) is 25.2 Å². The van der Waals surface area contributed by atoms with Crippen LogP contribution in [0.15, 0.2) is 42.9 Å².